The molecule has 0 spiro atoms. The number of hydrogen-bond donors (Lipinski definition) is 1. The van der Waals surface area contributed by atoms with Crippen LogP contribution in [0.15, 0.2) is 0 Å². The van der Waals surface area contributed by atoms with Gasteiger partial charge < -0.3 is 4.90 Å². The number of imide groups is 1. The van der Waals surface area contributed by atoms with Crippen molar-refractivity contribution >= 4 is 17.7 Å². The van der Waals surface area contributed by atoms with Crippen LogP contribution in [0, 0.1) is 0 Å². The molecule has 1 rings (SSSR count). The Balaban J connectivity index is 1.93. The Hall–Kier alpha value is -1.39. The lowest BCUT2D eigenvalue weighted by Crippen LogP contribution is -2.53. The maximum Gasteiger partial charge on any atom is 0.246 e. The van der Waals surface area contributed by atoms with Crippen molar-refractivity contribution in [2.45, 2.75) is 84.0 Å². The number of hydrogen-bond acceptors (Lipinski definition) is 3. The molecule has 1 N–H and O–H groups in total. The minimum atomic E-state index is -0.381. The van der Waals surface area contributed by atoms with Crippen molar-refractivity contribution in [3.8, 4) is 0 Å². The van der Waals surface area contributed by atoms with Gasteiger partial charge in [0, 0.05) is 6.42 Å². The van der Waals surface area contributed by atoms with Gasteiger partial charge >= 0.3 is 0 Å². The Labute approximate surface area is 140 Å². The number of nitrogens with zero attached hydrogens (tertiary/aromatic N) is 1. The zero-order valence-electron chi connectivity index (χ0n) is 14.6. The van der Waals surface area contributed by atoms with Crippen LogP contribution >= 0.6 is 0 Å². The molecule has 0 unspecified atom stereocenters. The van der Waals surface area contributed by atoms with E-state index >= 15 is 0 Å². The lowest BCUT2D eigenvalue weighted by molar-refractivity contribution is -0.145. The second-order valence-corrected chi connectivity index (χ2v) is 6.51. The Bertz CT molecular complexity index is 366. The highest BCUT2D eigenvalue weighted by atomic mass is 16.2. The van der Waals surface area contributed by atoms with Crippen molar-refractivity contribution in [1.29, 1.82) is 0 Å². The monoisotopic (exact) mass is 324 g/mol. The number of nitrogens with one attached hydrogen (secondary N) is 1. The Kier molecular flexibility index (Phi) is 10.3. The third kappa shape index (κ3) is 9.36. The molecule has 1 fully saturated rings. The molecular formula is C18H32N2O3. The fourth-order valence-electron chi connectivity index (χ4n) is 2.91. The summed E-state index contributed by atoms with van der Waals surface area (Å²) in [6, 6.07) is 0. The summed E-state index contributed by atoms with van der Waals surface area (Å²) < 4.78 is 0. The lowest BCUT2D eigenvalue weighted by Gasteiger charge is -2.25. The van der Waals surface area contributed by atoms with Crippen LogP contribution in [-0.2, 0) is 14.4 Å². The zero-order chi connectivity index (χ0) is 16.9. The van der Waals surface area contributed by atoms with Crippen molar-refractivity contribution in [2.24, 2.45) is 0 Å². The second kappa shape index (κ2) is 12.1. The molecule has 23 heavy (non-hydrogen) atoms. The van der Waals surface area contributed by atoms with Crippen LogP contribution in [-0.4, -0.2) is 35.7 Å². The van der Waals surface area contributed by atoms with Gasteiger partial charge in [-0.1, -0.05) is 71.1 Å². The summed E-state index contributed by atoms with van der Waals surface area (Å²) in [5.74, 6) is -0.841. The Morgan fingerprint density at radius 2 is 1.26 bits per heavy atom. The molecule has 0 aromatic rings. The van der Waals surface area contributed by atoms with Crippen LogP contribution in [0.1, 0.15) is 84.0 Å². The van der Waals surface area contributed by atoms with Crippen molar-refractivity contribution < 1.29 is 14.4 Å². The summed E-state index contributed by atoms with van der Waals surface area (Å²) in [4.78, 5) is 35.7. The molecule has 5 nitrogen and oxygen atoms in total. The minimum absolute atomic E-state index is 0.0165. The fraction of sp³-hybridized carbons (Fsp3) is 0.833. The predicted molar refractivity (Wildman–Crippen MR) is 90.8 cm³/mol. The molecule has 0 atom stereocenters. The molecule has 0 aliphatic carbocycles. The highest BCUT2D eigenvalue weighted by molar-refractivity contribution is 6.02. The number of amides is 3. The molecule has 0 saturated carbocycles. The first-order valence-electron chi connectivity index (χ1n) is 9.24. The maximum absolute atomic E-state index is 11.9. The molecule has 132 valence electrons. The zero-order valence-corrected chi connectivity index (χ0v) is 14.6. The Morgan fingerprint density at radius 3 is 1.74 bits per heavy atom. The van der Waals surface area contributed by atoms with Crippen molar-refractivity contribution in [1.82, 2.24) is 10.2 Å². The van der Waals surface area contributed by atoms with Gasteiger partial charge in [0.05, 0.1) is 0 Å². The van der Waals surface area contributed by atoms with Crippen LogP contribution in [0.2, 0.25) is 0 Å². The molecule has 1 aliphatic heterocycles. The van der Waals surface area contributed by atoms with Gasteiger partial charge in [0.1, 0.15) is 13.1 Å². The van der Waals surface area contributed by atoms with Crippen molar-refractivity contribution in [3.05, 3.63) is 0 Å². The van der Waals surface area contributed by atoms with Crippen LogP contribution in [0.4, 0.5) is 0 Å². The summed E-state index contributed by atoms with van der Waals surface area (Å²) in [6.45, 7) is 2.27. The minimum Gasteiger partial charge on any atom is -0.324 e. The molecule has 1 heterocycles. The van der Waals surface area contributed by atoms with Crippen LogP contribution < -0.4 is 5.32 Å². The number of rotatable bonds is 12. The van der Waals surface area contributed by atoms with E-state index in [-0.39, 0.29) is 30.8 Å². The van der Waals surface area contributed by atoms with E-state index in [0.29, 0.717) is 6.42 Å². The van der Waals surface area contributed by atoms with E-state index in [9.17, 15) is 14.4 Å². The van der Waals surface area contributed by atoms with Gasteiger partial charge in [-0.25, -0.2) is 0 Å². The normalized spacial score (nSPS) is 14.9. The van der Waals surface area contributed by atoms with Crippen LogP contribution in [0.3, 0.4) is 0 Å². The van der Waals surface area contributed by atoms with Crippen molar-refractivity contribution in [3.63, 3.8) is 0 Å². The first-order chi connectivity index (χ1) is 11.1. The standard InChI is InChI=1S/C18H32N2O3/c1-2-3-4-5-6-7-8-9-10-11-12-13-18(23)20-14-16(21)19-17(22)15-20/h2-15H2,1H3,(H,19,21,22). The summed E-state index contributed by atoms with van der Waals surface area (Å²) in [5, 5.41) is 2.20. The van der Waals surface area contributed by atoms with E-state index < -0.39 is 0 Å². The van der Waals surface area contributed by atoms with E-state index in [1.165, 1.54) is 62.7 Å². The molecule has 1 saturated heterocycles. The molecule has 0 bridgehead atoms. The van der Waals surface area contributed by atoms with E-state index in [2.05, 4.69) is 12.2 Å². The summed E-state index contributed by atoms with van der Waals surface area (Å²) in [7, 11) is 0. The van der Waals surface area contributed by atoms with E-state index in [1.807, 2.05) is 0 Å². The molecular weight excluding hydrogens is 292 g/mol. The molecule has 0 radical (unpaired) electrons. The van der Waals surface area contributed by atoms with Crippen LogP contribution in [0.25, 0.3) is 0 Å². The van der Waals surface area contributed by atoms with Gasteiger partial charge in [-0.05, 0) is 6.42 Å². The van der Waals surface area contributed by atoms with Gasteiger partial charge in [0.25, 0.3) is 0 Å². The second-order valence-electron chi connectivity index (χ2n) is 6.51. The third-order valence-corrected chi connectivity index (χ3v) is 4.29. The molecule has 1 aliphatic rings. The average molecular weight is 324 g/mol. The topological polar surface area (TPSA) is 66.5 Å². The first-order valence-corrected chi connectivity index (χ1v) is 9.24. The first kappa shape index (κ1) is 19.7. The van der Waals surface area contributed by atoms with Gasteiger partial charge in [-0.15, -0.1) is 0 Å². The average Bonchev–Trinajstić information content (AvgIpc) is 2.51. The summed E-state index contributed by atoms with van der Waals surface area (Å²) >= 11 is 0. The molecule has 3 amide bonds. The van der Waals surface area contributed by atoms with E-state index in [1.54, 1.807) is 0 Å². The molecule has 0 aromatic carbocycles. The van der Waals surface area contributed by atoms with Crippen molar-refractivity contribution in [2.75, 3.05) is 13.1 Å². The third-order valence-electron chi connectivity index (χ3n) is 4.29. The van der Waals surface area contributed by atoms with Gasteiger partial charge in [-0.2, -0.15) is 0 Å². The van der Waals surface area contributed by atoms with E-state index in [0.717, 1.165) is 12.8 Å². The highest BCUT2D eigenvalue weighted by Gasteiger charge is 2.25. The van der Waals surface area contributed by atoms with Gasteiger partial charge in [-0.3, -0.25) is 19.7 Å². The molecule has 5 heteroatoms. The quantitative estimate of drug-likeness (QED) is 0.443. The SMILES string of the molecule is CCCCCCCCCCCCCC(=O)N1CC(=O)NC(=O)C1. The van der Waals surface area contributed by atoms with Crippen LogP contribution in [0.5, 0.6) is 0 Å². The number of piperazine rings is 1. The summed E-state index contributed by atoms with van der Waals surface area (Å²) in [5.41, 5.74) is 0. The lowest BCUT2D eigenvalue weighted by atomic mass is 10.1. The number of carbonyl (C=O) groups is 3. The smallest absolute Gasteiger partial charge is 0.246 e. The fourth-order valence-corrected chi connectivity index (χ4v) is 2.91. The van der Waals surface area contributed by atoms with Gasteiger partial charge in [0.2, 0.25) is 17.7 Å². The molecule has 0 aromatic heterocycles. The Morgan fingerprint density at radius 1 is 0.826 bits per heavy atom. The number of unbranched alkanes of at least 4 members (excludes halogenated alkanes) is 10. The number of carbonyl (C=O) groups excluding carboxylic acids is 3. The highest BCUT2D eigenvalue weighted by Crippen LogP contribution is 2.12. The predicted octanol–water partition coefficient (Wildman–Crippen LogP) is 3.17. The maximum atomic E-state index is 11.9. The summed E-state index contributed by atoms with van der Waals surface area (Å²) in [6.07, 6.45) is 14.1. The largest absolute Gasteiger partial charge is 0.324 e. The van der Waals surface area contributed by atoms with Gasteiger partial charge in [0.15, 0.2) is 0 Å². The van der Waals surface area contributed by atoms with E-state index in [4.69, 9.17) is 0 Å².